The van der Waals surface area contributed by atoms with Gasteiger partial charge in [-0.2, -0.15) is 0 Å². The summed E-state index contributed by atoms with van der Waals surface area (Å²) in [4.78, 5) is 29.2. The lowest BCUT2D eigenvalue weighted by Crippen LogP contribution is -2.52. The molecule has 1 aliphatic rings. The number of aryl methyl sites for hydroxylation is 1. The summed E-state index contributed by atoms with van der Waals surface area (Å²) in [6.07, 6.45) is 4.96. The number of carbonyl (C=O) groups excluding carboxylic acids is 2. The van der Waals surface area contributed by atoms with Gasteiger partial charge < -0.3 is 10.2 Å². The first kappa shape index (κ1) is 25.0. The molecule has 5 heteroatoms. The summed E-state index contributed by atoms with van der Waals surface area (Å²) in [6, 6.07) is 25.0. The van der Waals surface area contributed by atoms with Crippen LogP contribution in [0, 0.1) is 6.92 Å². The van der Waals surface area contributed by atoms with E-state index in [-0.39, 0.29) is 24.3 Å². The number of carbonyl (C=O) groups is 2. The summed E-state index contributed by atoms with van der Waals surface area (Å²) < 4.78 is 0. The van der Waals surface area contributed by atoms with E-state index in [1.54, 1.807) is 17.0 Å². The topological polar surface area (TPSA) is 49.4 Å². The van der Waals surface area contributed by atoms with Crippen molar-refractivity contribution in [2.24, 2.45) is 0 Å². The van der Waals surface area contributed by atoms with Gasteiger partial charge in [-0.3, -0.25) is 9.59 Å². The van der Waals surface area contributed by atoms with Crippen LogP contribution in [0.4, 0.5) is 0 Å². The predicted octanol–water partition coefficient (Wildman–Crippen LogP) is 5.89. The normalized spacial score (nSPS) is 14.5. The minimum atomic E-state index is -0.599. The number of rotatable bonds is 9. The van der Waals surface area contributed by atoms with Crippen molar-refractivity contribution in [3.63, 3.8) is 0 Å². The van der Waals surface area contributed by atoms with E-state index in [0.29, 0.717) is 18.0 Å². The molecule has 35 heavy (non-hydrogen) atoms. The second kappa shape index (κ2) is 12.0. The summed E-state index contributed by atoms with van der Waals surface area (Å²) in [7, 11) is 0. The fourth-order valence-electron chi connectivity index (χ4n) is 4.81. The number of amides is 2. The van der Waals surface area contributed by atoms with Crippen LogP contribution in [0.3, 0.4) is 0 Å². The molecule has 2 amide bonds. The van der Waals surface area contributed by atoms with E-state index in [2.05, 4.69) is 11.4 Å². The zero-order chi connectivity index (χ0) is 24.6. The van der Waals surface area contributed by atoms with Crippen LogP contribution in [0.15, 0.2) is 78.9 Å². The van der Waals surface area contributed by atoms with Gasteiger partial charge in [-0.15, -0.1) is 0 Å². The Morgan fingerprint density at radius 3 is 2.29 bits per heavy atom. The van der Waals surface area contributed by atoms with Gasteiger partial charge in [0.05, 0.1) is 6.42 Å². The van der Waals surface area contributed by atoms with Crippen LogP contribution in [-0.4, -0.2) is 28.8 Å². The molecule has 4 rings (SSSR count). The lowest BCUT2D eigenvalue weighted by atomic mass is 10.0. The molecule has 3 aromatic carbocycles. The van der Waals surface area contributed by atoms with Crippen molar-refractivity contribution in [1.29, 1.82) is 0 Å². The molecule has 1 aliphatic carbocycles. The van der Waals surface area contributed by atoms with Crippen LogP contribution in [0.5, 0.6) is 0 Å². The molecule has 1 fully saturated rings. The van der Waals surface area contributed by atoms with Crippen LogP contribution >= 0.6 is 11.6 Å². The number of benzene rings is 3. The van der Waals surface area contributed by atoms with E-state index in [4.69, 9.17) is 11.6 Å². The van der Waals surface area contributed by atoms with Crippen LogP contribution in [-0.2, 0) is 29.0 Å². The first-order valence-electron chi connectivity index (χ1n) is 12.4. The number of nitrogens with zero attached hydrogens (tertiary/aromatic N) is 1. The Balaban J connectivity index is 1.65. The second-order valence-electron chi connectivity index (χ2n) is 9.51. The zero-order valence-electron chi connectivity index (χ0n) is 20.3. The van der Waals surface area contributed by atoms with Gasteiger partial charge in [0.25, 0.3) is 0 Å². The third-order valence-electron chi connectivity index (χ3n) is 6.68. The van der Waals surface area contributed by atoms with Crippen molar-refractivity contribution >= 4 is 23.4 Å². The van der Waals surface area contributed by atoms with Gasteiger partial charge in [-0.25, -0.2) is 0 Å². The van der Waals surface area contributed by atoms with Crippen molar-refractivity contribution in [3.8, 4) is 0 Å². The molecule has 3 aromatic rings. The summed E-state index contributed by atoms with van der Waals surface area (Å²) in [5, 5.41) is 3.89. The lowest BCUT2D eigenvalue weighted by Gasteiger charge is -2.32. The van der Waals surface area contributed by atoms with E-state index in [1.807, 2.05) is 67.6 Å². The molecular formula is C30H33ClN2O2. The number of hydrogen-bond acceptors (Lipinski definition) is 2. The highest BCUT2D eigenvalue weighted by Crippen LogP contribution is 2.21. The quantitative estimate of drug-likeness (QED) is 0.408. The highest BCUT2D eigenvalue weighted by Gasteiger charge is 2.32. The minimum Gasteiger partial charge on any atom is -0.352 e. The molecule has 1 N–H and O–H groups in total. The van der Waals surface area contributed by atoms with Crippen LogP contribution < -0.4 is 5.32 Å². The molecule has 0 saturated heterocycles. The molecular weight excluding hydrogens is 456 g/mol. The van der Waals surface area contributed by atoms with Gasteiger partial charge in [0, 0.05) is 24.0 Å². The van der Waals surface area contributed by atoms with Crippen LogP contribution in [0.25, 0.3) is 0 Å². The maximum atomic E-state index is 13.8. The molecule has 182 valence electrons. The van der Waals surface area contributed by atoms with Crippen LogP contribution in [0.2, 0.25) is 5.02 Å². The predicted molar refractivity (Wildman–Crippen MR) is 141 cm³/mol. The molecule has 0 spiro atoms. The fourth-order valence-corrected chi connectivity index (χ4v) is 4.93. The van der Waals surface area contributed by atoms with E-state index in [1.165, 1.54) is 0 Å². The Labute approximate surface area is 213 Å². The Kier molecular flexibility index (Phi) is 8.59. The average Bonchev–Trinajstić information content (AvgIpc) is 3.36. The van der Waals surface area contributed by atoms with Crippen molar-refractivity contribution < 1.29 is 9.59 Å². The zero-order valence-corrected chi connectivity index (χ0v) is 21.0. The minimum absolute atomic E-state index is 0.0714. The summed E-state index contributed by atoms with van der Waals surface area (Å²) in [5.74, 6) is -0.144. The van der Waals surface area contributed by atoms with Crippen molar-refractivity contribution in [1.82, 2.24) is 10.2 Å². The first-order chi connectivity index (χ1) is 17.0. The third kappa shape index (κ3) is 7.19. The van der Waals surface area contributed by atoms with E-state index < -0.39 is 6.04 Å². The van der Waals surface area contributed by atoms with Crippen LogP contribution in [0.1, 0.15) is 47.9 Å². The summed E-state index contributed by atoms with van der Waals surface area (Å²) in [6.45, 7) is 2.42. The van der Waals surface area contributed by atoms with Gasteiger partial charge >= 0.3 is 0 Å². The summed E-state index contributed by atoms with van der Waals surface area (Å²) >= 11 is 6.05. The average molecular weight is 489 g/mol. The molecule has 0 aliphatic heterocycles. The first-order valence-corrected chi connectivity index (χ1v) is 12.8. The van der Waals surface area contributed by atoms with E-state index >= 15 is 0 Å². The molecule has 1 unspecified atom stereocenters. The van der Waals surface area contributed by atoms with Crippen molar-refractivity contribution in [2.75, 3.05) is 0 Å². The Bertz CT molecular complexity index is 1120. The molecule has 0 bridgehead atoms. The van der Waals surface area contributed by atoms with Gasteiger partial charge in [-0.1, -0.05) is 96.7 Å². The molecule has 0 aromatic heterocycles. The fraction of sp³-hybridized carbons (Fsp3) is 0.333. The SMILES string of the molecule is Cc1cccc(CN(C(=O)Cc2ccc(Cl)cc2)C(Cc2ccccc2)C(=O)NC2CCCC2)c1. The van der Waals surface area contributed by atoms with Gasteiger partial charge in [0.2, 0.25) is 11.8 Å². The lowest BCUT2D eigenvalue weighted by molar-refractivity contribution is -0.141. The van der Waals surface area contributed by atoms with Crippen molar-refractivity contribution in [2.45, 2.75) is 64.1 Å². The van der Waals surface area contributed by atoms with E-state index in [9.17, 15) is 9.59 Å². The van der Waals surface area contributed by atoms with Gasteiger partial charge in [-0.05, 0) is 48.6 Å². The largest absolute Gasteiger partial charge is 0.352 e. The maximum absolute atomic E-state index is 13.8. The molecule has 1 saturated carbocycles. The smallest absolute Gasteiger partial charge is 0.243 e. The van der Waals surface area contributed by atoms with Gasteiger partial charge in [0.15, 0.2) is 0 Å². The molecule has 4 nitrogen and oxygen atoms in total. The molecule has 0 heterocycles. The monoisotopic (exact) mass is 488 g/mol. The summed E-state index contributed by atoms with van der Waals surface area (Å²) in [5.41, 5.74) is 4.06. The second-order valence-corrected chi connectivity index (χ2v) is 9.95. The number of nitrogens with one attached hydrogen (secondary N) is 1. The Hall–Kier alpha value is -3.11. The number of halogens is 1. The van der Waals surface area contributed by atoms with Gasteiger partial charge in [0.1, 0.15) is 6.04 Å². The third-order valence-corrected chi connectivity index (χ3v) is 6.93. The van der Waals surface area contributed by atoms with Crippen molar-refractivity contribution in [3.05, 3.63) is 106 Å². The van der Waals surface area contributed by atoms with E-state index in [0.717, 1.165) is 47.9 Å². The Morgan fingerprint density at radius 1 is 0.914 bits per heavy atom. The maximum Gasteiger partial charge on any atom is 0.243 e. The molecule has 1 atom stereocenters. The number of hydrogen-bond donors (Lipinski definition) is 1. The Morgan fingerprint density at radius 2 is 1.60 bits per heavy atom. The molecule has 0 radical (unpaired) electrons. The standard InChI is InChI=1S/C30H33ClN2O2/c1-22-8-7-11-25(18-22)21-33(29(34)20-24-14-16-26(31)17-15-24)28(19-23-9-3-2-4-10-23)30(35)32-27-12-5-6-13-27/h2-4,7-11,14-18,27-28H,5-6,12-13,19-21H2,1H3,(H,32,35). The highest BCUT2D eigenvalue weighted by molar-refractivity contribution is 6.30. The highest BCUT2D eigenvalue weighted by atomic mass is 35.5.